The summed E-state index contributed by atoms with van der Waals surface area (Å²) >= 11 is 0. The third kappa shape index (κ3) is 4.08. The Hall–Kier alpha value is -3.35. The number of hydrogen-bond acceptors (Lipinski definition) is 5. The molecule has 1 aromatic rings. The number of carbonyl (C=O) groups is 2. The van der Waals surface area contributed by atoms with E-state index in [-0.39, 0.29) is 19.1 Å². The molecule has 1 heterocycles. The highest BCUT2D eigenvalue weighted by molar-refractivity contribution is 6.18. The molecule has 1 aromatic carbocycles. The highest BCUT2D eigenvalue weighted by Crippen LogP contribution is 2.30. The van der Waals surface area contributed by atoms with Gasteiger partial charge in [0.2, 0.25) is 5.91 Å². The molecular weight excluding hydrogens is 348 g/mol. The predicted molar refractivity (Wildman–Crippen MR) is 99.7 cm³/mol. The minimum atomic E-state index is -0.479. The molecule has 0 radical (unpaired) electrons. The number of allylic oxidation sites excluding steroid dienone is 4. The summed E-state index contributed by atoms with van der Waals surface area (Å²) in [7, 11) is 3.09. The molecule has 0 bridgehead atoms. The highest BCUT2D eigenvalue weighted by Gasteiger charge is 2.34. The average Bonchev–Trinajstić information content (AvgIpc) is 2.70. The number of benzene rings is 1. The zero-order valence-corrected chi connectivity index (χ0v) is 15.1. The number of rotatable bonds is 7. The second-order valence-corrected chi connectivity index (χ2v) is 5.80. The number of para-hydroxylation sites is 2. The molecule has 1 aliphatic carbocycles. The van der Waals surface area contributed by atoms with E-state index in [1.54, 1.807) is 37.5 Å². The highest BCUT2D eigenvalue weighted by atomic mass is 16.5. The van der Waals surface area contributed by atoms with E-state index < -0.39 is 11.8 Å². The molecule has 140 valence electrons. The number of ether oxygens (including phenoxy) is 3. The lowest BCUT2D eigenvalue weighted by Crippen LogP contribution is -2.37. The van der Waals surface area contributed by atoms with Crippen molar-refractivity contribution >= 4 is 17.5 Å². The predicted octanol–water partition coefficient (Wildman–Crippen LogP) is 1.81. The summed E-state index contributed by atoms with van der Waals surface area (Å²) in [6.45, 7) is 0.523. The van der Waals surface area contributed by atoms with Gasteiger partial charge in [0.1, 0.15) is 12.4 Å². The first-order valence-corrected chi connectivity index (χ1v) is 8.44. The number of hydrogen-bond donors (Lipinski definition) is 1. The molecule has 1 atom stereocenters. The Balaban J connectivity index is 1.61. The molecule has 0 fully saturated rings. The summed E-state index contributed by atoms with van der Waals surface area (Å²) in [4.78, 5) is 28.4. The molecule has 0 spiro atoms. The average molecular weight is 368 g/mol. The molecular formula is C20H20N2O5. The smallest absolute Gasteiger partial charge is 0.270 e. The van der Waals surface area contributed by atoms with Crippen LogP contribution in [0.15, 0.2) is 64.9 Å². The van der Waals surface area contributed by atoms with Gasteiger partial charge in [0.05, 0.1) is 32.4 Å². The van der Waals surface area contributed by atoms with E-state index in [4.69, 9.17) is 14.2 Å². The Morgan fingerprint density at radius 1 is 1.19 bits per heavy atom. The topological polar surface area (TPSA) is 86.2 Å². The van der Waals surface area contributed by atoms with Gasteiger partial charge in [-0.15, -0.1) is 0 Å². The van der Waals surface area contributed by atoms with Crippen LogP contribution in [0.4, 0.5) is 0 Å². The Bertz CT molecular complexity index is 867. The van der Waals surface area contributed by atoms with E-state index in [1.165, 1.54) is 13.2 Å². The summed E-state index contributed by atoms with van der Waals surface area (Å²) in [5, 5.41) is 2.77. The third-order valence-corrected chi connectivity index (χ3v) is 4.15. The van der Waals surface area contributed by atoms with E-state index in [0.29, 0.717) is 28.5 Å². The van der Waals surface area contributed by atoms with Gasteiger partial charge in [0.25, 0.3) is 5.91 Å². The minimum Gasteiger partial charge on any atom is -0.500 e. The van der Waals surface area contributed by atoms with Crippen molar-refractivity contribution in [2.75, 3.05) is 27.4 Å². The van der Waals surface area contributed by atoms with E-state index >= 15 is 0 Å². The maximum absolute atomic E-state index is 12.6. The van der Waals surface area contributed by atoms with Crippen LogP contribution in [0, 0.1) is 5.92 Å². The van der Waals surface area contributed by atoms with Crippen molar-refractivity contribution in [1.82, 2.24) is 5.32 Å². The number of methoxy groups -OCH3 is 2. The number of aliphatic imine (C=N–C) groups is 1. The van der Waals surface area contributed by atoms with Crippen LogP contribution in [-0.2, 0) is 14.3 Å². The zero-order chi connectivity index (χ0) is 19.2. The molecule has 1 aliphatic heterocycles. The Morgan fingerprint density at radius 2 is 1.96 bits per heavy atom. The number of carbonyl (C=O) groups excluding carboxylic acids is 2. The number of dihydropyridines is 1. The number of nitrogens with zero attached hydrogens (tertiary/aromatic N) is 1. The zero-order valence-electron chi connectivity index (χ0n) is 15.1. The van der Waals surface area contributed by atoms with Crippen molar-refractivity contribution in [2.45, 2.75) is 0 Å². The first kappa shape index (κ1) is 18.4. The Kier molecular flexibility index (Phi) is 5.71. The summed E-state index contributed by atoms with van der Waals surface area (Å²) < 4.78 is 16.2. The van der Waals surface area contributed by atoms with Crippen molar-refractivity contribution in [3.05, 3.63) is 59.9 Å². The molecule has 27 heavy (non-hydrogen) atoms. The molecule has 7 nitrogen and oxygen atoms in total. The molecule has 1 N–H and O–H groups in total. The fourth-order valence-electron chi connectivity index (χ4n) is 2.92. The van der Waals surface area contributed by atoms with Crippen LogP contribution in [0.1, 0.15) is 0 Å². The molecule has 3 rings (SSSR count). The molecule has 1 unspecified atom stereocenters. The molecule has 0 saturated heterocycles. The van der Waals surface area contributed by atoms with Crippen LogP contribution in [0.2, 0.25) is 0 Å². The van der Waals surface area contributed by atoms with Gasteiger partial charge in [-0.1, -0.05) is 18.2 Å². The maximum Gasteiger partial charge on any atom is 0.270 e. The van der Waals surface area contributed by atoms with Crippen LogP contribution >= 0.6 is 0 Å². The second kappa shape index (κ2) is 8.35. The van der Waals surface area contributed by atoms with Gasteiger partial charge in [-0.3, -0.25) is 9.59 Å². The van der Waals surface area contributed by atoms with Gasteiger partial charge >= 0.3 is 0 Å². The number of amides is 2. The van der Waals surface area contributed by atoms with Gasteiger partial charge in [-0.2, -0.15) is 0 Å². The summed E-state index contributed by atoms with van der Waals surface area (Å²) in [6, 6.07) is 7.27. The van der Waals surface area contributed by atoms with Crippen LogP contribution in [-0.4, -0.2) is 44.9 Å². The van der Waals surface area contributed by atoms with Crippen LogP contribution < -0.4 is 14.8 Å². The maximum atomic E-state index is 12.6. The fraction of sp³-hybridized carbons (Fsp3) is 0.250. The van der Waals surface area contributed by atoms with E-state index in [1.807, 2.05) is 12.1 Å². The number of fused-ring (bicyclic) bond motifs is 1. The van der Waals surface area contributed by atoms with Crippen molar-refractivity contribution in [3.63, 3.8) is 0 Å². The lowest BCUT2D eigenvalue weighted by Gasteiger charge is -2.26. The third-order valence-electron chi connectivity index (χ3n) is 4.15. The van der Waals surface area contributed by atoms with Crippen molar-refractivity contribution in [3.8, 4) is 11.5 Å². The lowest BCUT2D eigenvalue weighted by atomic mass is 9.86. The molecule has 2 amide bonds. The lowest BCUT2D eigenvalue weighted by molar-refractivity contribution is -0.119. The standard InChI is InChI=1S/C20H20N2O5/c1-25-15-7-3-4-8-16(15)27-11-10-21-20(24)13-12-18(23)22-14-6-5-9-17(26-2)19(13)14/h3-9,12,19H,10-11H2,1-2H3,(H,21,24). The van der Waals surface area contributed by atoms with Gasteiger partial charge in [0.15, 0.2) is 11.5 Å². The van der Waals surface area contributed by atoms with E-state index in [0.717, 1.165) is 0 Å². The Morgan fingerprint density at radius 3 is 2.70 bits per heavy atom. The van der Waals surface area contributed by atoms with Crippen molar-refractivity contribution in [1.29, 1.82) is 0 Å². The van der Waals surface area contributed by atoms with Crippen LogP contribution in [0.5, 0.6) is 11.5 Å². The van der Waals surface area contributed by atoms with Gasteiger partial charge in [-0.05, 0) is 24.3 Å². The summed E-state index contributed by atoms with van der Waals surface area (Å²) in [6.07, 6.45) is 6.45. The van der Waals surface area contributed by atoms with E-state index in [9.17, 15) is 9.59 Å². The number of nitrogens with one attached hydrogen (secondary N) is 1. The van der Waals surface area contributed by atoms with Crippen LogP contribution in [0.25, 0.3) is 0 Å². The first-order valence-electron chi connectivity index (χ1n) is 8.44. The summed E-state index contributed by atoms with van der Waals surface area (Å²) in [5.74, 6) is 0.483. The first-order chi connectivity index (χ1) is 13.1. The second-order valence-electron chi connectivity index (χ2n) is 5.80. The minimum absolute atomic E-state index is 0.256. The molecule has 0 saturated carbocycles. The van der Waals surface area contributed by atoms with Crippen LogP contribution in [0.3, 0.4) is 0 Å². The van der Waals surface area contributed by atoms with Crippen molar-refractivity contribution in [2.24, 2.45) is 10.9 Å². The molecule has 0 aromatic heterocycles. The molecule has 7 heteroatoms. The quantitative estimate of drug-likeness (QED) is 0.742. The SMILES string of the molecule is COC1=CC=CC2=NC(=O)C=C(C(=O)NCCOc3ccccc3OC)C12. The van der Waals surface area contributed by atoms with E-state index in [2.05, 4.69) is 10.3 Å². The monoisotopic (exact) mass is 368 g/mol. The fourth-order valence-corrected chi connectivity index (χ4v) is 2.92. The normalized spacial score (nSPS) is 17.9. The van der Waals surface area contributed by atoms with Crippen molar-refractivity contribution < 1.29 is 23.8 Å². The molecule has 2 aliphatic rings. The Labute approximate surface area is 157 Å². The van der Waals surface area contributed by atoms with Gasteiger partial charge in [-0.25, -0.2) is 4.99 Å². The summed E-state index contributed by atoms with van der Waals surface area (Å²) in [5.41, 5.74) is 0.803. The van der Waals surface area contributed by atoms with Gasteiger partial charge in [0, 0.05) is 11.6 Å². The largest absolute Gasteiger partial charge is 0.500 e. The van der Waals surface area contributed by atoms with Gasteiger partial charge < -0.3 is 19.5 Å².